The molecule has 0 radical (unpaired) electrons. The molecule has 43 heavy (non-hydrogen) atoms. The smallest absolute Gasteiger partial charge is 0.318 e. The van der Waals surface area contributed by atoms with Crippen LogP contribution >= 0.6 is 0 Å². The summed E-state index contributed by atoms with van der Waals surface area (Å²) < 4.78 is 0. The molecule has 1 fully saturated rings. The summed E-state index contributed by atoms with van der Waals surface area (Å²) in [6, 6.07) is 15.2. The number of fused-ring (bicyclic) bond motifs is 3. The molecule has 1 saturated heterocycles. The van der Waals surface area contributed by atoms with Crippen LogP contribution in [0, 0.1) is 0 Å². The number of hydrogen-bond acceptors (Lipinski definition) is 4. The summed E-state index contributed by atoms with van der Waals surface area (Å²) in [5.74, 6) is -0.383. The normalized spacial score (nSPS) is 18.9. The van der Waals surface area contributed by atoms with Crippen LogP contribution in [0.5, 0.6) is 0 Å². The van der Waals surface area contributed by atoms with E-state index in [0.717, 1.165) is 41.3 Å². The molecule has 1 spiro atoms. The number of urea groups is 1. The SMILES string of the molecule is CC(C)N(CCN)C(=O)N[C@@H](C(=O)N1CCC2(CC1)C[C@@H](C(=O)N(C)C)c1ccccc12)[C@H](C)c1c[nH]c2ccccc12. The van der Waals surface area contributed by atoms with E-state index < -0.39 is 6.04 Å². The lowest BCUT2D eigenvalue weighted by atomic mass is 9.73. The van der Waals surface area contributed by atoms with Crippen molar-refractivity contribution in [2.24, 2.45) is 5.73 Å². The van der Waals surface area contributed by atoms with Crippen molar-refractivity contribution in [2.45, 2.75) is 69.4 Å². The molecule has 4 N–H and O–H groups in total. The van der Waals surface area contributed by atoms with E-state index in [1.54, 1.807) is 9.80 Å². The number of likely N-dealkylation sites (tertiary alicyclic amines) is 1. The van der Waals surface area contributed by atoms with Gasteiger partial charge in [-0.1, -0.05) is 49.4 Å². The van der Waals surface area contributed by atoms with Crippen molar-refractivity contribution < 1.29 is 14.4 Å². The van der Waals surface area contributed by atoms with Crippen molar-refractivity contribution >= 4 is 28.7 Å². The Hall–Kier alpha value is -3.85. The Balaban J connectivity index is 1.40. The Kier molecular flexibility index (Phi) is 8.83. The van der Waals surface area contributed by atoms with Gasteiger partial charge in [-0.15, -0.1) is 0 Å². The molecule has 5 rings (SSSR count). The number of para-hydroxylation sites is 1. The number of aromatic nitrogens is 1. The van der Waals surface area contributed by atoms with Gasteiger partial charge in [-0.25, -0.2) is 4.79 Å². The molecular weight excluding hydrogens is 540 g/mol. The number of benzene rings is 2. The Bertz CT molecular complexity index is 1470. The van der Waals surface area contributed by atoms with Gasteiger partial charge in [-0.2, -0.15) is 0 Å². The molecule has 9 heteroatoms. The molecule has 1 aliphatic carbocycles. The maximum absolute atomic E-state index is 14.4. The molecule has 9 nitrogen and oxygen atoms in total. The Morgan fingerprint density at radius 2 is 1.72 bits per heavy atom. The summed E-state index contributed by atoms with van der Waals surface area (Å²) in [6.07, 6.45) is 4.27. The highest BCUT2D eigenvalue weighted by atomic mass is 16.2. The van der Waals surface area contributed by atoms with Crippen molar-refractivity contribution in [3.05, 3.63) is 71.4 Å². The van der Waals surface area contributed by atoms with Crippen LogP contribution in [0.3, 0.4) is 0 Å². The fourth-order valence-electron chi connectivity index (χ4n) is 7.25. The number of hydrogen-bond donors (Lipinski definition) is 3. The van der Waals surface area contributed by atoms with Gasteiger partial charge >= 0.3 is 6.03 Å². The second kappa shape index (κ2) is 12.4. The average Bonchev–Trinajstić information content (AvgIpc) is 3.57. The summed E-state index contributed by atoms with van der Waals surface area (Å²) in [7, 11) is 3.63. The predicted molar refractivity (Wildman–Crippen MR) is 170 cm³/mol. The molecule has 2 aliphatic rings. The van der Waals surface area contributed by atoms with Crippen LogP contribution in [0.4, 0.5) is 4.79 Å². The monoisotopic (exact) mass is 586 g/mol. The Morgan fingerprint density at radius 1 is 1.05 bits per heavy atom. The standard InChI is InChI=1S/C34H46N6O3/c1-22(2)40(19-16-35)33(43)37-30(23(3)27-21-36-29-13-9-7-11-25(27)29)32(42)39-17-14-34(15-18-39)20-26(31(41)38(4)5)24-10-6-8-12-28(24)34/h6-13,21-23,26,30,36H,14-20,35H2,1-5H3,(H,37,43)/t23-,26-,30-/m1/s1. The third-order valence-electron chi connectivity index (χ3n) is 9.68. The van der Waals surface area contributed by atoms with Gasteiger partial charge in [0.25, 0.3) is 0 Å². The fraction of sp³-hybridized carbons (Fsp3) is 0.500. The maximum atomic E-state index is 14.4. The molecule has 1 aliphatic heterocycles. The highest BCUT2D eigenvalue weighted by Crippen LogP contribution is 2.52. The zero-order chi connectivity index (χ0) is 30.9. The van der Waals surface area contributed by atoms with E-state index in [1.165, 1.54) is 5.56 Å². The van der Waals surface area contributed by atoms with Crippen molar-refractivity contribution in [1.29, 1.82) is 0 Å². The van der Waals surface area contributed by atoms with Gasteiger partial charge < -0.3 is 30.7 Å². The quantitative estimate of drug-likeness (QED) is 0.368. The van der Waals surface area contributed by atoms with Crippen LogP contribution in [0.1, 0.15) is 68.6 Å². The van der Waals surface area contributed by atoms with Crippen LogP contribution in [0.2, 0.25) is 0 Å². The van der Waals surface area contributed by atoms with Gasteiger partial charge in [0, 0.05) is 74.7 Å². The predicted octanol–water partition coefficient (Wildman–Crippen LogP) is 4.15. The molecule has 1 aromatic heterocycles. The Labute approximate surface area is 254 Å². The molecule has 2 aromatic carbocycles. The number of aromatic amines is 1. The van der Waals surface area contributed by atoms with Gasteiger partial charge in [-0.05, 0) is 55.9 Å². The lowest BCUT2D eigenvalue weighted by Gasteiger charge is -2.42. The third kappa shape index (κ3) is 5.75. The molecular formula is C34H46N6O3. The summed E-state index contributed by atoms with van der Waals surface area (Å²) in [6.45, 7) is 7.80. The molecule has 3 aromatic rings. The van der Waals surface area contributed by atoms with E-state index in [0.29, 0.717) is 26.2 Å². The van der Waals surface area contributed by atoms with E-state index in [2.05, 4.69) is 28.5 Å². The topological polar surface area (TPSA) is 115 Å². The van der Waals surface area contributed by atoms with Crippen LogP contribution in [-0.2, 0) is 15.0 Å². The molecule has 0 saturated carbocycles. The number of H-pyrrole nitrogens is 1. The largest absolute Gasteiger partial charge is 0.361 e. The van der Waals surface area contributed by atoms with Gasteiger partial charge in [0.05, 0.1) is 5.92 Å². The zero-order valence-electron chi connectivity index (χ0n) is 26.1. The highest BCUT2D eigenvalue weighted by Gasteiger charge is 2.49. The van der Waals surface area contributed by atoms with Crippen molar-refractivity contribution in [2.75, 3.05) is 40.3 Å². The van der Waals surface area contributed by atoms with Crippen LogP contribution in [-0.4, -0.2) is 89.9 Å². The maximum Gasteiger partial charge on any atom is 0.318 e. The first kappa shape index (κ1) is 30.6. The van der Waals surface area contributed by atoms with E-state index in [9.17, 15) is 14.4 Å². The van der Waals surface area contributed by atoms with Gasteiger partial charge in [0.15, 0.2) is 0 Å². The van der Waals surface area contributed by atoms with Crippen LogP contribution in [0.25, 0.3) is 10.9 Å². The first-order chi connectivity index (χ1) is 20.6. The Morgan fingerprint density at radius 3 is 2.40 bits per heavy atom. The first-order valence-electron chi connectivity index (χ1n) is 15.5. The molecule has 4 amide bonds. The minimum Gasteiger partial charge on any atom is -0.361 e. The second-order valence-corrected chi connectivity index (χ2v) is 12.8. The molecule has 2 heterocycles. The summed E-state index contributed by atoms with van der Waals surface area (Å²) in [5, 5.41) is 4.16. The second-order valence-electron chi connectivity index (χ2n) is 12.8. The van der Waals surface area contributed by atoms with E-state index in [1.807, 2.05) is 76.3 Å². The lowest BCUT2D eigenvalue weighted by Crippen LogP contribution is -2.57. The van der Waals surface area contributed by atoms with E-state index in [-0.39, 0.29) is 41.1 Å². The molecule has 3 atom stereocenters. The number of amides is 4. The van der Waals surface area contributed by atoms with Crippen molar-refractivity contribution in [3.63, 3.8) is 0 Å². The van der Waals surface area contributed by atoms with Gasteiger partial charge in [0.1, 0.15) is 6.04 Å². The zero-order valence-corrected chi connectivity index (χ0v) is 26.1. The number of nitrogens with zero attached hydrogens (tertiary/aromatic N) is 3. The number of nitrogens with one attached hydrogen (secondary N) is 2. The summed E-state index contributed by atoms with van der Waals surface area (Å²) in [4.78, 5) is 49.7. The van der Waals surface area contributed by atoms with E-state index in [4.69, 9.17) is 5.73 Å². The van der Waals surface area contributed by atoms with Crippen LogP contribution < -0.4 is 11.1 Å². The molecule has 0 unspecified atom stereocenters. The number of nitrogens with two attached hydrogens (primary N) is 1. The van der Waals surface area contributed by atoms with E-state index >= 15 is 0 Å². The number of piperidine rings is 1. The van der Waals surface area contributed by atoms with Gasteiger partial charge in [0.2, 0.25) is 11.8 Å². The minimum absolute atomic E-state index is 0.0576. The van der Waals surface area contributed by atoms with Crippen molar-refractivity contribution in [1.82, 2.24) is 25.0 Å². The molecule has 0 bridgehead atoms. The third-order valence-corrected chi connectivity index (χ3v) is 9.68. The first-order valence-corrected chi connectivity index (χ1v) is 15.5. The van der Waals surface area contributed by atoms with Gasteiger partial charge in [-0.3, -0.25) is 9.59 Å². The lowest BCUT2D eigenvalue weighted by molar-refractivity contribution is -0.136. The number of carbonyl (C=O) groups is 3. The average molecular weight is 587 g/mol. The number of rotatable bonds is 8. The number of likely N-dealkylation sites (N-methyl/N-ethyl adjacent to an activating group) is 1. The van der Waals surface area contributed by atoms with Crippen LogP contribution in [0.15, 0.2) is 54.7 Å². The van der Waals surface area contributed by atoms with Crippen molar-refractivity contribution in [3.8, 4) is 0 Å². The highest BCUT2D eigenvalue weighted by molar-refractivity contribution is 5.91. The number of carbonyl (C=O) groups excluding carboxylic acids is 3. The summed E-state index contributed by atoms with van der Waals surface area (Å²) in [5.41, 5.74) is 10.0. The minimum atomic E-state index is -0.751. The molecule has 230 valence electrons. The fourth-order valence-corrected chi connectivity index (χ4v) is 7.25. The summed E-state index contributed by atoms with van der Waals surface area (Å²) >= 11 is 0.